The Hall–Kier alpha value is -0.870. The van der Waals surface area contributed by atoms with Crippen LogP contribution in [-0.2, 0) is 4.79 Å². The van der Waals surface area contributed by atoms with Gasteiger partial charge in [0.2, 0.25) is 5.91 Å². The maximum atomic E-state index is 12.2. The third kappa shape index (κ3) is 4.06. The van der Waals surface area contributed by atoms with Crippen molar-refractivity contribution in [2.75, 3.05) is 6.61 Å². The second-order valence-corrected chi connectivity index (χ2v) is 6.93. The van der Waals surface area contributed by atoms with Crippen LogP contribution in [0, 0.1) is 11.8 Å². The molecule has 1 aromatic rings. The minimum atomic E-state index is -0.117. The summed E-state index contributed by atoms with van der Waals surface area (Å²) >= 11 is 3.42. The van der Waals surface area contributed by atoms with E-state index in [0.29, 0.717) is 11.8 Å². The van der Waals surface area contributed by atoms with Gasteiger partial charge in [0.1, 0.15) is 0 Å². The molecule has 2 N–H and O–H groups in total. The molecular formula is C16H22BrNO2. The van der Waals surface area contributed by atoms with Gasteiger partial charge in [-0.2, -0.15) is 0 Å². The summed E-state index contributed by atoms with van der Waals surface area (Å²) in [5.74, 6) is 0.949. The van der Waals surface area contributed by atoms with Crippen molar-refractivity contribution < 1.29 is 9.90 Å². The molecule has 1 aliphatic carbocycles. The molecule has 3 unspecified atom stereocenters. The van der Waals surface area contributed by atoms with E-state index in [-0.39, 0.29) is 24.5 Å². The second kappa shape index (κ2) is 6.72. The number of halogens is 1. The summed E-state index contributed by atoms with van der Waals surface area (Å²) in [7, 11) is 0. The SMILES string of the molecule is CC(C)CC(CO)NC(=O)C1CC1c1ccc(Br)cc1. The van der Waals surface area contributed by atoms with Crippen LogP contribution in [0.25, 0.3) is 0 Å². The molecular weight excluding hydrogens is 318 g/mol. The van der Waals surface area contributed by atoms with Crippen molar-refractivity contribution in [3.63, 3.8) is 0 Å². The highest BCUT2D eigenvalue weighted by molar-refractivity contribution is 9.10. The average molecular weight is 340 g/mol. The van der Waals surface area contributed by atoms with E-state index in [1.54, 1.807) is 0 Å². The first kappa shape index (κ1) is 15.5. The monoisotopic (exact) mass is 339 g/mol. The Balaban J connectivity index is 1.87. The van der Waals surface area contributed by atoms with Crippen molar-refractivity contribution in [3.8, 4) is 0 Å². The molecule has 0 aromatic heterocycles. The van der Waals surface area contributed by atoms with E-state index in [1.807, 2.05) is 12.1 Å². The Labute approximate surface area is 128 Å². The normalized spacial score (nSPS) is 22.6. The topological polar surface area (TPSA) is 49.3 Å². The first-order chi connectivity index (χ1) is 9.51. The fourth-order valence-corrected chi connectivity index (χ4v) is 2.88. The summed E-state index contributed by atoms with van der Waals surface area (Å²) in [6.07, 6.45) is 1.73. The lowest BCUT2D eigenvalue weighted by molar-refractivity contribution is -0.123. The summed E-state index contributed by atoms with van der Waals surface area (Å²) in [5.41, 5.74) is 1.22. The smallest absolute Gasteiger partial charge is 0.224 e. The zero-order valence-corrected chi connectivity index (χ0v) is 13.6. The van der Waals surface area contributed by atoms with Gasteiger partial charge in [-0.3, -0.25) is 4.79 Å². The van der Waals surface area contributed by atoms with Crippen molar-refractivity contribution in [2.45, 2.75) is 38.6 Å². The van der Waals surface area contributed by atoms with Crippen LogP contribution in [0.15, 0.2) is 28.7 Å². The molecule has 1 saturated carbocycles. The molecule has 3 nitrogen and oxygen atoms in total. The van der Waals surface area contributed by atoms with E-state index < -0.39 is 0 Å². The van der Waals surface area contributed by atoms with E-state index in [0.717, 1.165) is 17.3 Å². The van der Waals surface area contributed by atoms with Crippen molar-refractivity contribution in [1.82, 2.24) is 5.32 Å². The minimum absolute atomic E-state index is 0.0135. The Kier molecular flexibility index (Phi) is 5.22. The molecule has 2 rings (SSSR count). The third-order valence-electron chi connectivity index (χ3n) is 3.75. The third-order valence-corrected chi connectivity index (χ3v) is 4.28. The summed E-state index contributed by atoms with van der Waals surface area (Å²) in [5, 5.41) is 12.3. The van der Waals surface area contributed by atoms with Crippen LogP contribution in [0.3, 0.4) is 0 Å². The van der Waals surface area contributed by atoms with Gasteiger partial charge in [-0.05, 0) is 42.4 Å². The van der Waals surface area contributed by atoms with Crippen LogP contribution >= 0.6 is 15.9 Å². The number of hydrogen-bond acceptors (Lipinski definition) is 2. The van der Waals surface area contributed by atoms with Gasteiger partial charge in [-0.1, -0.05) is 41.9 Å². The summed E-state index contributed by atoms with van der Waals surface area (Å²) < 4.78 is 1.06. The number of aliphatic hydroxyl groups is 1. The van der Waals surface area contributed by atoms with Gasteiger partial charge in [-0.25, -0.2) is 0 Å². The quantitative estimate of drug-likeness (QED) is 0.836. The van der Waals surface area contributed by atoms with Crippen LogP contribution in [-0.4, -0.2) is 23.7 Å². The van der Waals surface area contributed by atoms with E-state index in [4.69, 9.17) is 0 Å². The van der Waals surface area contributed by atoms with Gasteiger partial charge in [0.25, 0.3) is 0 Å². The van der Waals surface area contributed by atoms with Crippen molar-refractivity contribution in [1.29, 1.82) is 0 Å². The molecule has 4 heteroatoms. The highest BCUT2D eigenvalue weighted by Gasteiger charge is 2.44. The lowest BCUT2D eigenvalue weighted by atomic mass is 10.0. The number of aliphatic hydroxyl groups excluding tert-OH is 1. The standard InChI is InChI=1S/C16H22BrNO2/c1-10(2)7-13(9-19)18-16(20)15-8-14(15)11-3-5-12(17)6-4-11/h3-6,10,13-15,19H,7-9H2,1-2H3,(H,18,20). The number of nitrogens with one attached hydrogen (secondary N) is 1. The molecule has 0 spiro atoms. The molecule has 1 amide bonds. The van der Waals surface area contributed by atoms with Crippen LogP contribution in [0.2, 0.25) is 0 Å². The largest absolute Gasteiger partial charge is 0.394 e. The molecule has 0 saturated heterocycles. The number of amides is 1. The van der Waals surface area contributed by atoms with E-state index >= 15 is 0 Å². The highest BCUT2D eigenvalue weighted by atomic mass is 79.9. The number of rotatable bonds is 6. The number of benzene rings is 1. The van der Waals surface area contributed by atoms with Gasteiger partial charge in [0, 0.05) is 10.4 Å². The van der Waals surface area contributed by atoms with Crippen molar-refractivity contribution >= 4 is 21.8 Å². The molecule has 0 bridgehead atoms. The molecule has 0 heterocycles. The Morgan fingerprint density at radius 2 is 2.05 bits per heavy atom. The molecule has 3 atom stereocenters. The van der Waals surface area contributed by atoms with Gasteiger partial charge >= 0.3 is 0 Å². The number of hydrogen-bond donors (Lipinski definition) is 2. The molecule has 1 aliphatic rings. The first-order valence-corrected chi connectivity index (χ1v) is 7.97. The van der Waals surface area contributed by atoms with Gasteiger partial charge in [0.05, 0.1) is 12.6 Å². The maximum Gasteiger partial charge on any atom is 0.224 e. The highest BCUT2D eigenvalue weighted by Crippen LogP contribution is 2.47. The predicted octanol–water partition coefficient (Wildman–Crippen LogP) is 3.08. The maximum absolute atomic E-state index is 12.2. The average Bonchev–Trinajstić information content (AvgIpc) is 3.18. The second-order valence-electron chi connectivity index (χ2n) is 6.02. The van der Waals surface area contributed by atoms with Crippen molar-refractivity contribution in [3.05, 3.63) is 34.3 Å². The lowest BCUT2D eigenvalue weighted by Gasteiger charge is -2.18. The summed E-state index contributed by atoms with van der Waals surface area (Å²) in [4.78, 5) is 12.2. The minimum Gasteiger partial charge on any atom is -0.394 e. The zero-order valence-electron chi connectivity index (χ0n) is 12.0. The van der Waals surface area contributed by atoms with Crippen LogP contribution < -0.4 is 5.32 Å². The number of carbonyl (C=O) groups excluding carboxylic acids is 1. The van der Waals surface area contributed by atoms with E-state index in [1.165, 1.54) is 5.56 Å². The van der Waals surface area contributed by atoms with Gasteiger partial charge in [0.15, 0.2) is 0 Å². The molecule has 0 aliphatic heterocycles. The number of carbonyl (C=O) groups is 1. The lowest BCUT2D eigenvalue weighted by Crippen LogP contribution is -2.39. The molecule has 0 radical (unpaired) electrons. The molecule has 1 fully saturated rings. The molecule has 20 heavy (non-hydrogen) atoms. The molecule has 1 aromatic carbocycles. The predicted molar refractivity (Wildman–Crippen MR) is 83.5 cm³/mol. The summed E-state index contributed by atoms with van der Waals surface area (Å²) in [6.45, 7) is 4.20. The van der Waals surface area contributed by atoms with E-state index in [9.17, 15) is 9.90 Å². The zero-order chi connectivity index (χ0) is 14.7. The Morgan fingerprint density at radius 3 is 2.60 bits per heavy atom. The van der Waals surface area contributed by atoms with Crippen LogP contribution in [0.1, 0.15) is 38.2 Å². The van der Waals surface area contributed by atoms with Crippen LogP contribution in [0.4, 0.5) is 0 Å². The Bertz CT molecular complexity index is 458. The Morgan fingerprint density at radius 1 is 1.40 bits per heavy atom. The fourth-order valence-electron chi connectivity index (χ4n) is 2.62. The molecule has 110 valence electrons. The fraction of sp³-hybridized carbons (Fsp3) is 0.562. The van der Waals surface area contributed by atoms with Crippen molar-refractivity contribution in [2.24, 2.45) is 11.8 Å². The first-order valence-electron chi connectivity index (χ1n) is 7.18. The van der Waals surface area contributed by atoms with Gasteiger partial charge in [-0.15, -0.1) is 0 Å². The van der Waals surface area contributed by atoms with Gasteiger partial charge < -0.3 is 10.4 Å². The van der Waals surface area contributed by atoms with Crippen LogP contribution in [0.5, 0.6) is 0 Å². The summed E-state index contributed by atoms with van der Waals surface area (Å²) in [6, 6.07) is 8.04. The van der Waals surface area contributed by atoms with E-state index in [2.05, 4.69) is 47.2 Å².